The highest BCUT2D eigenvalue weighted by Gasteiger charge is 2.24. The van der Waals surface area contributed by atoms with Crippen LogP contribution >= 0.6 is 0 Å². The molecule has 19 heavy (non-hydrogen) atoms. The number of carbonyl (C=O) groups is 1. The number of rotatable bonds is 7. The molecule has 1 aromatic rings. The lowest BCUT2D eigenvalue weighted by Crippen LogP contribution is -2.33. The van der Waals surface area contributed by atoms with E-state index in [4.69, 9.17) is 0 Å². The number of amides is 1. The highest BCUT2D eigenvalue weighted by atomic mass is 16.1. The lowest BCUT2D eigenvalue weighted by Gasteiger charge is -2.30. The van der Waals surface area contributed by atoms with E-state index in [1.165, 1.54) is 17.5 Å². The first kappa shape index (κ1) is 14.1. The second kappa shape index (κ2) is 6.71. The third kappa shape index (κ3) is 4.06. The summed E-state index contributed by atoms with van der Waals surface area (Å²) >= 11 is 0. The Morgan fingerprint density at radius 2 is 2.16 bits per heavy atom. The van der Waals surface area contributed by atoms with E-state index < -0.39 is 0 Å². The molecule has 0 spiro atoms. The summed E-state index contributed by atoms with van der Waals surface area (Å²) in [5.74, 6) is 1.30. The van der Waals surface area contributed by atoms with Crippen LogP contribution in [0.3, 0.4) is 0 Å². The normalized spacial score (nSPS) is 16.9. The van der Waals surface area contributed by atoms with E-state index in [0.717, 1.165) is 19.6 Å². The van der Waals surface area contributed by atoms with Crippen molar-refractivity contribution in [1.82, 2.24) is 10.6 Å². The summed E-state index contributed by atoms with van der Waals surface area (Å²) in [6.45, 7) is 6.73. The Labute approximate surface area is 115 Å². The molecule has 1 aliphatic carbocycles. The van der Waals surface area contributed by atoms with Crippen molar-refractivity contribution >= 4 is 5.91 Å². The zero-order chi connectivity index (χ0) is 13.7. The van der Waals surface area contributed by atoms with Gasteiger partial charge in [0.2, 0.25) is 5.91 Å². The Hall–Kier alpha value is -1.35. The number of hydrogen-bond acceptors (Lipinski definition) is 2. The predicted molar refractivity (Wildman–Crippen MR) is 78.2 cm³/mol. The van der Waals surface area contributed by atoms with Crippen LogP contribution in [0.1, 0.15) is 37.3 Å². The maximum absolute atomic E-state index is 11.5. The summed E-state index contributed by atoms with van der Waals surface area (Å²) in [4.78, 5) is 11.5. The Morgan fingerprint density at radius 1 is 1.37 bits per heavy atom. The molecular weight excluding hydrogens is 236 g/mol. The van der Waals surface area contributed by atoms with Crippen LogP contribution in [0, 0.1) is 5.92 Å². The first-order chi connectivity index (χ1) is 9.16. The number of nitrogens with one attached hydrogen (secondary N) is 2. The van der Waals surface area contributed by atoms with Crippen LogP contribution in [0.25, 0.3) is 0 Å². The lowest BCUT2D eigenvalue weighted by atomic mass is 9.77. The fourth-order valence-corrected chi connectivity index (χ4v) is 2.43. The first-order valence-electron chi connectivity index (χ1n) is 7.22. The van der Waals surface area contributed by atoms with E-state index in [2.05, 4.69) is 48.7 Å². The standard InChI is InChI=1S/C16H24N2O/c1-12(2)10-18-16(19)7-8-17-11-14-9-13-5-3-4-6-15(13)14/h3-6,12,14,17H,7-11H2,1-2H3,(H,18,19). The van der Waals surface area contributed by atoms with Crippen molar-refractivity contribution in [1.29, 1.82) is 0 Å². The first-order valence-corrected chi connectivity index (χ1v) is 7.22. The Morgan fingerprint density at radius 3 is 2.89 bits per heavy atom. The van der Waals surface area contributed by atoms with Gasteiger partial charge in [0.25, 0.3) is 0 Å². The van der Waals surface area contributed by atoms with Crippen molar-refractivity contribution in [2.45, 2.75) is 32.6 Å². The number of fused-ring (bicyclic) bond motifs is 1. The van der Waals surface area contributed by atoms with Gasteiger partial charge in [-0.1, -0.05) is 38.1 Å². The maximum Gasteiger partial charge on any atom is 0.221 e. The van der Waals surface area contributed by atoms with Crippen molar-refractivity contribution in [3.63, 3.8) is 0 Å². The van der Waals surface area contributed by atoms with E-state index >= 15 is 0 Å². The summed E-state index contributed by atoms with van der Waals surface area (Å²) in [5, 5.41) is 6.32. The molecule has 0 aliphatic heterocycles. The quantitative estimate of drug-likeness (QED) is 0.737. The molecule has 0 aromatic heterocycles. The van der Waals surface area contributed by atoms with Crippen LogP contribution in [-0.4, -0.2) is 25.5 Å². The zero-order valence-electron chi connectivity index (χ0n) is 11.9. The van der Waals surface area contributed by atoms with Crippen LogP contribution in [0.15, 0.2) is 24.3 Å². The monoisotopic (exact) mass is 260 g/mol. The van der Waals surface area contributed by atoms with Gasteiger partial charge in [0, 0.05) is 32.0 Å². The average Bonchev–Trinajstić information content (AvgIpc) is 2.36. The Balaban J connectivity index is 1.57. The van der Waals surface area contributed by atoms with E-state index in [1.54, 1.807) is 0 Å². The molecule has 104 valence electrons. The molecule has 0 saturated carbocycles. The smallest absolute Gasteiger partial charge is 0.221 e. The van der Waals surface area contributed by atoms with Gasteiger partial charge in [-0.15, -0.1) is 0 Å². The molecule has 3 heteroatoms. The number of benzene rings is 1. The van der Waals surface area contributed by atoms with Crippen molar-refractivity contribution in [3.8, 4) is 0 Å². The predicted octanol–water partition coefficient (Wildman–Crippen LogP) is 2.08. The molecule has 1 atom stereocenters. The fourth-order valence-electron chi connectivity index (χ4n) is 2.43. The van der Waals surface area contributed by atoms with Gasteiger partial charge >= 0.3 is 0 Å². The van der Waals surface area contributed by atoms with E-state index in [9.17, 15) is 4.79 Å². The van der Waals surface area contributed by atoms with Crippen LogP contribution in [0.5, 0.6) is 0 Å². The SMILES string of the molecule is CC(C)CNC(=O)CCNCC1Cc2ccccc21. The Bertz CT molecular complexity index is 429. The second-order valence-electron chi connectivity index (χ2n) is 5.75. The zero-order valence-corrected chi connectivity index (χ0v) is 11.9. The molecular formula is C16H24N2O. The van der Waals surface area contributed by atoms with Gasteiger partial charge in [-0.2, -0.15) is 0 Å². The van der Waals surface area contributed by atoms with Crippen LogP contribution in [0.2, 0.25) is 0 Å². The molecule has 1 amide bonds. The van der Waals surface area contributed by atoms with Crippen LogP contribution in [-0.2, 0) is 11.2 Å². The molecule has 2 N–H and O–H groups in total. The van der Waals surface area contributed by atoms with Gasteiger partial charge in [-0.05, 0) is 23.5 Å². The molecule has 0 bridgehead atoms. The van der Waals surface area contributed by atoms with Crippen LogP contribution < -0.4 is 10.6 Å². The number of carbonyl (C=O) groups excluding carboxylic acids is 1. The molecule has 0 heterocycles. The van der Waals surface area contributed by atoms with Gasteiger partial charge in [0.15, 0.2) is 0 Å². The highest BCUT2D eigenvalue weighted by molar-refractivity contribution is 5.76. The molecule has 1 aliphatic rings. The lowest BCUT2D eigenvalue weighted by molar-refractivity contribution is -0.121. The molecule has 0 radical (unpaired) electrons. The molecule has 0 fully saturated rings. The molecule has 0 saturated heterocycles. The second-order valence-corrected chi connectivity index (χ2v) is 5.75. The minimum absolute atomic E-state index is 0.148. The molecule has 3 nitrogen and oxygen atoms in total. The van der Waals surface area contributed by atoms with E-state index in [1.807, 2.05) is 0 Å². The third-order valence-electron chi connectivity index (χ3n) is 3.59. The van der Waals surface area contributed by atoms with Crippen molar-refractivity contribution in [2.75, 3.05) is 19.6 Å². The Kier molecular flexibility index (Phi) is 4.97. The minimum Gasteiger partial charge on any atom is -0.356 e. The van der Waals surface area contributed by atoms with E-state index in [-0.39, 0.29) is 5.91 Å². The summed E-state index contributed by atoms with van der Waals surface area (Å²) in [6.07, 6.45) is 1.74. The largest absolute Gasteiger partial charge is 0.356 e. The summed E-state index contributed by atoms with van der Waals surface area (Å²) in [7, 11) is 0. The summed E-state index contributed by atoms with van der Waals surface area (Å²) in [5.41, 5.74) is 2.95. The van der Waals surface area contributed by atoms with Gasteiger partial charge in [-0.3, -0.25) is 4.79 Å². The van der Waals surface area contributed by atoms with Gasteiger partial charge < -0.3 is 10.6 Å². The average molecular weight is 260 g/mol. The number of hydrogen-bond donors (Lipinski definition) is 2. The molecule has 2 rings (SSSR count). The van der Waals surface area contributed by atoms with Crippen molar-refractivity contribution < 1.29 is 4.79 Å². The van der Waals surface area contributed by atoms with Crippen LogP contribution in [0.4, 0.5) is 0 Å². The van der Waals surface area contributed by atoms with Crippen molar-refractivity contribution in [3.05, 3.63) is 35.4 Å². The third-order valence-corrected chi connectivity index (χ3v) is 3.59. The highest BCUT2D eigenvalue weighted by Crippen LogP contribution is 2.33. The minimum atomic E-state index is 0.148. The topological polar surface area (TPSA) is 41.1 Å². The maximum atomic E-state index is 11.5. The van der Waals surface area contributed by atoms with E-state index in [0.29, 0.717) is 18.3 Å². The summed E-state index contributed by atoms with van der Waals surface area (Å²) in [6, 6.07) is 8.61. The van der Waals surface area contributed by atoms with Gasteiger partial charge in [0.1, 0.15) is 0 Å². The van der Waals surface area contributed by atoms with Gasteiger partial charge in [-0.25, -0.2) is 0 Å². The fraction of sp³-hybridized carbons (Fsp3) is 0.562. The summed E-state index contributed by atoms with van der Waals surface area (Å²) < 4.78 is 0. The molecule has 1 aromatic carbocycles. The van der Waals surface area contributed by atoms with Crippen molar-refractivity contribution in [2.24, 2.45) is 5.92 Å². The molecule has 1 unspecified atom stereocenters. The van der Waals surface area contributed by atoms with Gasteiger partial charge in [0.05, 0.1) is 0 Å².